The summed E-state index contributed by atoms with van der Waals surface area (Å²) in [6.07, 6.45) is 42.1. The van der Waals surface area contributed by atoms with Crippen LogP contribution in [0.1, 0.15) is 330 Å². The fraction of sp³-hybridized carbons (Fsp3) is 0.939. The number of phosphoric acid groups is 2. The smallest absolute Gasteiger partial charge is 0.462 e. The first-order chi connectivity index (χ1) is 40.9. The third-order valence-electron chi connectivity index (χ3n) is 15.2. The standard InChI is InChI=1S/C66H128O17P2/c1-7-9-11-13-14-15-25-32-38-44-50-65(70)82-61(54-76-63(68)48-42-34-12-10-8-2)56-80-84(72,73)78-52-60(67)53-79-85(74,75)81-57-62(55-77-64(69)49-43-37-31-28-27-30-36-41-47-59(5)6)83-66(71)51-45-39-33-26-23-21-19-17-16-18-20-22-24-29-35-40-46-58(3)4/h58-62,67H,7-57H2,1-6H3,(H,72,73)(H,74,75)/t60-,61+,62+/m0/s1. The van der Waals surface area contributed by atoms with E-state index in [2.05, 4.69) is 41.5 Å². The van der Waals surface area contributed by atoms with E-state index in [4.69, 9.17) is 37.0 Å². The van der Waals surface area contributed by atoms with E-state index in [0.29, 0.717) is 25.7 Å². The second-order valence-corrected chi connectivity index (χ2v) is 27.7. The Morgan fingerprint density at radius 3 is 0.800 bits per heavy atom. The molecule has 3 N–H and O–H groups in total. The summed E-state index contributed by atoms with van der Waals surface area (Å²) in [6.45, 7) is 9.41. The quantitative estimate of drug-likeness (QED) is 0.0222. The summed E-state index contributed by atoms with van der Waals surface area (Å²) in [5.41, 5.74) is 0. The zero-order valence-corrected chi connectivity index (χ0v) is 56.7. The summed E-state index contributed by atoms with van der Waals surface area (Å²) in [7, 11) is -9.88. The molecule has 0 aromatic rings. The lowest BCUT2D eigenvalue weighted by molar-refractivity contribution is -0.161. The number of aliphatic hydroxyl groups is 1. The molecule has 0 bridgehead atoms. The minimum absolute atomic E-state index is 0.105. The Morgan fingerprint density at radius 1 is 0.318 bits per heavy atom. The van der Waals surface area contributed by atoms with Crippen LogP contribution in [-0.2, 0) is 65.4 Å². The van der Waals surface area contributed by atoms with Gasteiger partial charge in [-0.3, -0.25) is 37.3 Å². The molecule has 0 amide bonds. The maximum atomic E-state index is 13.0. The number of unbranched alkanes of at least 4 members (excludes halogenated alkanes) is 35. The molecule has 0 heterocycles. The van der Waals surface area contributed by atoms with Gasteiger partial charge in [0.2, 0.25) is 0 Å². The van der Waals surface area contributed by atoms with Gasteiger partial charge in [-0.2, -0.15) is 0 Å². The van der Waals surface area contributed by atoms with Gasteiger partial charge in [0.1, 0.15) is 19.3 Å². The van der Waals surface area contributed by atoms with Gasteiger partial charge in [-0.25, -0.2) is 9.13 Å². The van der Waals surface area contributed by atoms with Crippen LogP contribution in [-0.4, -0.2) is 96.7 Å². The molecule has 0 saturated carbocycles. The molecule has 0 radical (unpaired) electrons. The summed E-state index contributed by atoms with van der Waals surface area (Å²) < 4.78 is 67.8. The Morgan fingerprint density at radius 2 is 0.541 bits per heavy atom. The molecule has 0 saturated heterocycles. The molecule has 0 aromatic heterocycles. The lowest BCUT2D eigenvalue weighted by Crippen LogP contribution is -2.30. The van der Waals surface area contributed by atoms with Crippen molar-refractivity contribution < 1.29 is 80.2 Å². The van der Waals surface area contributed by atoms with Crippen LogP contribution >= 0.6 is 15.6 Å². The first kappa shape index (κ1) is 83.1. The van der Waals surface area contributed by atoms with Crippen LogP contribution in [0.5, 0.6) is 0 Å². The van der Waals surface area contributed by atoms with Gasteiger partial charge >= 0.3 is 39.5 Å². The third-order valence-corrected chi connectivity index (χ3v) is 17.1. The summed E-state index contributed by atoms with van der Waals surface area (Å²) in [4.78, 5) is 72.0. The molecule has 0 aliphatic rings. The van der Waals surface area contributed by atoms with E-state index < -0.39 is 97.5 Å². The van der Waals surface area contributed by atoms with Crippen LogP contribution in [0.15, 0.2) is 0 Å². The fourth-order valence-electron chi connectivity index (χ4n) is 9.88. The van der Waals surface area contributed by atoms with Crippen LogP contribution < -0.4 is 0 Å². The van der Waals surface area contributed by atoms with Gasteiger partial charge in [-0.05, 0) is 37.5 Å². The van der Waals surface area contributed by atoms with Gasteiger partial charge < -0.3 is 33.8 Å². The Bertz CT molecular complexity index is 1670. The van der Waals surface area contributed by atoms with E-state index in [1.807, 2.05) is 0 Å². The SMILES string of the molecule is CCCCCCCCCCCCC(=O)O[C@H](COC(=O)CCCCCCC)COP(=O)(O)OC[C@H](O)COP(=O)(O)OC[C@@H](COC(=O)CCCCCCCCCCC(C)C)OC(=O)CCCCCCCCCCCCCCCCCCC(C)C. The fourth-order valence-corrected chi connectivity index (χ4v) is 11.5. The molecule has 0 rings (SSSR count). The average molecular weight is 1260 g/mol. The number of carbonyl (C=O) groups excluding carboxylic acids is 4. The molecule has 0 spiro atoms. The molecular weight excluding hydrogens is 1130 g/mol. The molecule has 85 heavy (non-hydrogen) atoms. The molecule has 2 unspecified atom stereocenters. The Kier molecular flexibility index (Phi) is 57.1. The summed E-state index contributed by atoms with van der Waals surface area (Å²) >= 11 is 0. The summed E-state index contributed by atoms with van der Waals surface area (Å²) in [6, 6.07) is 0. The van der Waals surface area contributed by atoms with Gasteiger partial charge in [-0.1, -0.05) is 279 Å². The number of carbonyl (C=O) groups is 4. The van der Waals surface area contributed by atoms with Crippen LogP contribution in [0.2, 0.25) is 0 Å². The predicted molar refractivity (Wildman–Crippen MR) is 340 cm³/mol. The Balaban J connectivity index is 5.12. The summed E-state index contributed by atoms with van der Waals surface area (Å²) in [5.74, 6) is -0.607. The number of ether oxygens (including phenoxy) is 4. The normalized spacial score (nSPS) is 14.2. The Labute approximate surface area is 517 Å². The number of aliphatic hydroxyl groups excluding tert-OH is 1. The topological polar surface area (TPSA) is 237 Å². The van der Waals surface area contributed by atoms with Gasteiger partial charge in [0.25, 0.3) is 0 Å². The van der Waals surface area contributed by atoms with Crippen molar-refractivity contribution in [3.63, 3.8) is 0 Å². The van der Waals surface area contributed by atoms with Crippen LogP contribution in [0.25, 0.3) is 0 Å². The van der Waals surface area contributed by atoms with Crippen molar-refractivity contribution in [3.05, 3.63) is 0 Å². The molecule has 5 atom stereocenters. The van der Waals surface area contributed by atoms with Gasteiger partial charge in [0.05, 0.1) is 26.4 Å². The molecule has 17 nitrogen and oxygen atoms in total. The Hall–Kier alpha value is -1.94. The predicted octanol–water partition coefficient (Wildman–Crippen LogP) is 18.4. The number of hydrogen-bond acceptors (Lipinski definition) is 15. The van der Waals surface area contributed by atoms with Crippen molar-refractivity contribution in [2.75, 3.05) is 39.6 Å². The second kappa shape index (κ2) is 58.4. The zero-order valence-electron chi connectivity index (χ0n) is 54.9. The highest BCUT2D eigenvalue weighted by atomic mass is 31.2. The zero-order chi connectivity index (χ0) is 62.9. The van der Waals surface area contributed by atoms with E-state index in [9.17, 15) is 43.2 Å². The first-order valence-electron chi connectivity index (χ1n) is 34.5. The lowest BCUT2D eigenvalue weighted by atomic mass is 10.0. The molecule has 19 heteroatoms. The second-order valence-electron chi connectivity index (χ2n) is 24.8. The number of phosphoric ester groups is 2. The number of hydrogen-bond donors (Lipinski definition) is 3. The third kappa shape index (κ3) is 60.7. The molecule has 0 aliphatic carbocycles. The monoisotopic (exact) mass is 1250 g/mol. The van der Waals surface area contributed by atoms with Crippen LogP contribution in [0, 0.1) is 11.8 Å². The molecular formula is C66H128O17P2. The molecule has 0 aromatic carbocycles. The van der Waals surface area contributed by atoms with Gasteiger partial charge in [-0.15, -0.1) is 0 Å². The van der Waals surface area contributed by atoms with Crippen molar-refractivity contribution >= 4 is 39.5 Å². The van der Waals surface area contributed by atoms with Crippen molar-refractivity contribution in [3.8, 4) is 0 Å². The van der Waals surface area contributed by atoms with Crippen molar-refractivity contribution in [1.82, 2.24) is 0 Å². The van der Waals surface area contributed by atoms with Crippen molar-refractivity contribution in [1.29, 1.82) is 0 Å². The van der Waals surface area contributed by atoms with Gasteiger partial charge in [0, 0.05) is 25.7 Å². The van der Waals surface area contributed by atoms with Gasteiger partial charge in [0.15, 0.2) is 12.2 Å². The summed E-state index contributed by atoms with van der Waals surface area (Å²) in [5, 5.41) is 10.5. The largest absolute Gasteiger partial charge is 0.472 e. The first-order valence-corrected chi connectivity index (χ1v) is 37.5. The highest BCUT2D eigenvalue weighted by molar-refractivity contribution is 7.47. The highest BCUT2D eigenvalue weighted by Gasteiger charge is 2.30. The minimum Gasteiger partial charge on any atom is -0.462 e. The maximum Gasteiger partial charge on any atom is 0.472 e. The molecule has 0 fully saturated rings. The average Bonchev–Trinajstić information content (AvgIpc) is 3.48. The molecule has 0 aliphatic heterocycles. The number of rotatable bonds is 65. The number of esters is 4. The molecule has 504 valence electrons. The van der Waals surface area contributed by atoms with Crippen molar-refractivity contribution in [2.24, 2.45) is 11.8 Å². The van der Waals surface area contributed by atoms with E-state index in [1.54, 1.807) is 0 Å². The van der Waals surface area contributed by atoms with Crippen molar-refractivity contribution in [2.45, 2.75) is 349 Å². The van der Waals surface area contributed by atoms with E-state index in [1.165, 1.54) is 141 Å². The van der Waals surface area contributed by atoms with E-state index in [0.717, 1.165) is 108 Å². The van der Waals surface area contributed by atoms with E-state index >= 15 is 0 Å². The van der Waals surface area contributed by atoms with Crippen LogP contribution in [0.4, 0.5) is 0 Å². The maximum absolute atomic E-state index is 13.0. The highest BCUT2D eigenvalue weighted by Crippen LogP contribution is 2.45. The van der Waals surface area contributed by atoms with Crippen LogP contribution in [0.3, 0.4) is 0 Å². The lowest BCUT2D eigenvalue weighted by Gasteiger charge is -2.21. The minimum atomic E-state index is -4.95. The van der Waals surface area contributed by atoms with E-state index in [-0.39, 0.29) is 25.7 Å².